The van der Waals surface area contributed by atoms with Gasteiger partial charge >= 0.3 is 6.03 Å². The van der Waals surface area contributed by atoms with Crippen molar-refractivity contribution in [2.75, 3.05) is 22.0 Å². The van der Waals surface area contributed by atoms with Crippen molar-refractivity contribution in [2.24, 2.45) is 0 Å². The Hall–Kier alpha value is -2.09. The van der Waals surface area contributed by atoms with Crippen LogP contribution in [0, 0.1) is 0 Å². The maximum absolute atomic E-state index is 12.5. The van der Waals surface area contributed by atoms with E-state index in [9.17, 15) is 18.0 Å². The number of rotatable bonds is 2. The highest BCUT2D eigenvalue weighted by atomic mass is 32.2. The second kappa shape index (κ2) is 4.72. The van der Waals surface area contributed by atoms with Crippen LogP contribution in [0.3, 0.4) is 0 Å². The minimum Gasteiger partial charge on any atom is -0.323 e. The zero-order valence-electron chi connectivity index (χ0n) is 14.4. The summed E-state index contributed by atoms with van der Waals surface area (Å²) in [6.45, 7) is 7.52. The normalized spacial score (nSPS) is 21.9. The summed E-state index contributed by atoms with van der Waals surface area (Å²) >= 11 is 0. The zero-order chi connectivity index (χ0) is 18.1. The molecule has 0 bridgehead atoms. The quantitative estimate of drug-likeness (QED) is 0.820. The van der Waals surface area contributed by atoms with Crippen LogP contribution >= 0.6 is 0 Å². The Morgan fingerprint density at radius 1 is 1.12 bits per heavy atom. The molecule has 7 nitrogen and oxygen atoms in total. The first-order valence-corrected chi connectivity index (χ1v) is 9.48. The molecule has 0 atom stereocenters. The summed E-state index contributed by atoms with van der Waals surface area (Å²) in [7, 11) is -3.45. The van der Waals surface area contributed by atoms with Gasteiger partial charge in [0.15, 0.2) is 0 Å². The van der Waals surface area contributed by atoms with E-state index in [0.29, 0.717) is 17.9 Å². The van der Waals surface area contributed by atoms with E-state index < -0.39 is 21.6 Å². The van der Waals surface area contributed by atoms with E-state index in [-0.39, 0.29) is 11.3 Å². The van der Waals surface area contributed by atoms with Gasteiger partial charge in [0.2, 0.25) is 10.0 Å². The van der Waals surface area contributed by atoms with Crippen LogP contribution in [0.4, 0.5) is 16.2 Å². The second-order valence-electron chi connectivity index (χ2n) is 7.55. The van der Waals surface area contributed by atoms with Crippen molar-refractivity contribution in [3.8, 4) is 0 Å². The number of amides is 3. The number of nitrogens with zero attached hydrogens (tertiary/aromatic N) is 2. The fraction of sp³-hybridized carbons (Fsp3) is 0.500. The molecule has 8 heteroatoms. The van der Waals surface area contributed by atoms with Crippen LogP contribution in [0.25, 0.3) is 0 Å². The maximum atomic E-state index is 12.5. The summed E-state index contributed by atoms with van der Waals surface area (Å²) in [4.78, 5) is 25.7. The van der Waals surface area contributed by atoms with Crippen LogP contribution < -0.4 is 14.5 Å². The number of benzene rings is 1. The average molecular weight is 351 g/mol. The standard InChI is InChI=1S/C16H21N3O4S/c1-15(2)9-18(24(5,22)23)12-8-10(6-7-11(12)15)19-13(20)16(3,4)17-14(19)21/h6-8H,9H2,1-5H3,(H,17,21). The minimum atomic E-state index is -3.45. The number of sulfonamides is 1. The third-order valence-electron chi connectivity index (χ3n) is 4.54. The van der Waals surface area contributed by atoms with Crippen molar-refractivity contribution < 1.29 is 18.0 Å². The average Bonchev–Trinajstić information content (AvgIpc) is 2.80. The summed E-state index contributed by atoms with van der Waals surface area (Å²) < 4.78 is 25.6. The molecule has 2 aliphatic heterocycles. The molecule has 0 aliphatic carbocycles. The van der Waals surface area contributed by atoms with E-state index in [1.165, 1.54) is 4.31 Å². The Kier molecular flexibility index (Phi) is 3.29. The van der Waals surface area contributed by atoms with E-state index in [0.717, 1.165) is 16.7 Å². The largest absolute Gasteiger partial charge is 0.329 e. The molecule has 2 aliphatic rings. The van der Waals surface area contributed by atoms with Crippen molar-refractivity contribution in [2.45, 2.75) is 38.6 Å². The van der Waals surface area contributed by atoms with Crippen LogP contribution in [0.15, 0.2) is 18.2 Å². The van der Waals surface area contributed by atoms with Crippen LogP contribution in [0.2, 0.25) is 0 Å². The lowest BCUT2D eigenvalue weighted by atomic mass is 9.87. The molecular weight excluding hydrogens is 330 g/mol. The van der Waals surface area contributed by atoms with Crippen molar-refractivity contribution in [3.05, 3.63) is 23.8 Å². The number of hydrogen-bond donors (Lipinski definition) is 1. The van der Waals surface area contributed by atoms with E-state index >= 15 is 0 Å². The third kappa shape index (κ3) is 2.36. The van der Waals surface area contributed by atoms with Crippen molar-refractivity contribution >= 4 is 33.3 Å². The molecule has 1 fully saturated rings. The Morgan fingerprint density at radius 3 is 2.25 bits per heavy atom. The Morgan fingerprint density at radius 2 is 1.75 bits per heavy atom. The van der Waals surface area contributed by atoms with Gasteiger partial charge in [-0.3, -0.25) is 9.10 Å². The second-order valence-corrected chi connectivity index (χ2v) is 9.46. The number of anilines is 2. The van der Waals surface area contributed by atoms with Crippen LogP contribution in [0.5, 0.6) is 0 Å². The molecular formula is C16H21N3O4S. The summed E-state index contributed by atoms with van der Waals surface area (Å²) in [6.07, 6.45) is 1.15. The molecule has 0 saturated carbocycles. The topological polar surface area (TPSA) is 86.8 Å². The highest BCUT2D eigenvalue weighted by Crippen LogP contribution is 2.43. The smallest absolute Gasteiger partial charge is 0.323 e. The van der Waals surface area contributed by atoms with Crippen LogP contribution in [-0.2, 0) is 20.2 Å². The third-order valence-corrected chi connectivity index (χ3v) is 5.66. The Labute approximate surface area is 141 Å². The number of carbonyl (C=O) groups excluding carboxylic acids is 2. The first-order chi connectivity index (χ1) is 10.8. The van der Waals surface area contributed by atoms with Crippen molar-refractivity contribution in [3.63, 3.8) is 0 Å². The molecule has 0 unspecified atom stereocenters. The summed E-state index contributed by atoms with van der Waals surface area (Å²) in [5.74, 6) is -0.365. The Balaban J connectivity index is 2.13. The lowest BCUT2D eigenvalue weighted by Crippen LogP contribution is -2.40. The van der Waals surface area contributed by atoms with Gasteiger partial charge in [-0.05, 0) is 31.5 Å². The highest BCUT2D eigenvalue weighted by molar-refractivity contribution is 7.92. The first-order valence-electron chi connectivity index (χ1n) is 7.63. The van der Waals surface area contributed by atoms with E-state index in [4.69, 9.17) is 0 Å². The van der Waals surface area contributed by atoms with Gasteiger partial charge < -0.3 is 5.32 Å². The monoisotopic (exact) mass is 351 g/mol. The lowest BCUT2D eigenvalue weighted by Gasteiger charge is -2.20. The molecule has 1 saturated heterocycles. The molecule has 1 aromatic carbocycles. The highest BCUT2D eigenvalue weighted by Gasteiger charge is 2.46. The molecule has 3 rings (SSSR count). The fourth-order valence-corrected chi connectivity index (χ4v) is 4.31. The van der Waals surface area contributed by atoms with Gasteiger partial charge in [-0.25, -0.2) is 18.1 Å². The number of hydrogen-bond acceptors (Lipinski definition) is 4. The number of fused-ring (bicyclic) bond motifs is 1. The minimum absolute atomic E-state index is 0.330. The Bertz CT molecular complexity index is 858. The van der Waals surface area contributed by atoms with Crippen LogP contribution in [0.1, 0.15) is 33.3 Å². The predicted octanol–water partition coefficient (Wildman–Crippen LogP) is 1.58. The van der Waals surface area contributed by atoms with Crippen molar-refractivity contribution in [1.29, 1.82) is 0 Å². The number of carbonyl (C=O) groups is 2. The molecule has 0 aromatic heterocycles. The van der Waals surface area contributed by atoms with Gasteiger partial charge in [-0.2, -0.15) is 0 Å². The number of urea groups is 1. The molecule has 130 valence electrons. The molecule has 0 radical (unpaired) electrons. The molecule has 1 N–H and O–H groups in total. The molecule has 2 heterocycles. The number of imide groups is 1. The van der Waals surface area contributed by atoms with E-state index in [1.807, 2.05) is 13.8 Å². The summed E-state index contributed by atoms with van der Waals surface area (Å²) in [5.41, 5.74) is 0.445. The molecule has 24 heavy (non-hydrogen) atoms. The van der Waals surface area contributed by atoms with E-state index in [2.05, 4.69) is 5.32 Å². The van der Waals surface area contributed by atoms with Crippen LogP contribution in [-0.4, -0.2) is 38.7 Å². The first kappa shape index (κ1) is 16.8. The predicted molar refractivity (Wildman–Crippen MR) is 91.8 cm³/mol. The van der Waals surface area contributed by atoms with Crippen molar-refractivity contribution in [1.82, 2.24) is 5.32 Å². The van der Waals surface area contributed by atoms with Gasteiger partial charge in [-0.1, -0.05) is 19.9 Å². The van der Waals surface area contributed by atoms with E-state index in [1.54, 1.807) is 32.0 Å². The van der Waals surface area contributed by atoms with Gasteiger partial charge in [-0.15, -0.1) is 0 Å². The van der Waals surface area contributed by atoms with Gasteiger partial charge in [0.1, 0.15) is 5.54 Å². The van der Waals surface area contributed by atoms with Gasteiger partial charge in [0.25, 0.3) is 5.91 Å². The summed E-state index contributed by atoms with van der Waals surface area (Å²) in [6, 6.07) is 4.57. The number of nitrogens with one attached hydrogen (secondary N) is 1. The lowest BCUT2D eigenvalue weighted by molar-refractivity contribution is -0.121. The SMILES string of the molecule is CC1(C)NC(=O)N(c2ccc3c(c2)N(S(C)(=O)=O)CC3(C)C)C1=O. The maximum Gasteiger partial charge on any atom is 0.329 e. The molecule has 1 aromatic rings. The van der Waals surface area contributed by atoms with Gasteiger partial charge in [0.05, 0.1) is 17.6 Å². The molecule has 3 amide bonds. The fourth-order valence-electron chi connectivity index (χ4n) is 3.25. The molecule has 0 spiro atoms. The zero-order valence-corrected chi connectivity index (χ0v) is 15.2. The van der Waals surface area contributed by atoms with Gasteiger partial charge in [0, 0.05) is 12.0 Å². The summed E-state index contributed by atoms with van der Waals surface area (Å²) in [5, 5.41) is 2.62.